The molecule has 0 heterocycles. The summed E-state index contributed by atoms with van der Waals surface area (Å²) >= 11 is 0. The second-order valence-corrected chi connectivity index (χ2v) is 13.4. The van der Waals surface area contributed by atoms with E-state index in [2.05, 4.69) is 24.4 Å². The molecule has 0 aliphatic heterocycles. The molecule has 0 bridgehead atoms. The molecule has 11 heteroatoms. The van der Waals surface area contributed by atoms with Crippen LogP contribution in [0.2, 0.25) is 0 Å². The lowest BCUT2D eigenvalue weighted by atomic mass is 10.0. The van der Waals surface area contributed by atoms with Crippen molar-refractivity contribution in [2.75, 3.05) is 13.2 Å². The Balaban J connectivity index is 4.13. The van der Waals surface area contributed by atoms with Crippen LogP contribution in [0, 0.1) is 0 Å². The fraction of sp³-hybridized carbons (Fsp3) is 0.882. The molecule has 4 N–H and O–H groups in total. The second kappa shape index (κ2) is 30.1. The topological polar surface area (TPSA) is 160 Å². The third kappa shape index (κ3) is 31.1. The Morgan fingerprint density at radius 3 is 1.73 bits per heavy atom. The van der Waals surface area contributed by atoms with Gasteiger partial charge in [0.25, 0.3) is 0 Å². The van der Waals surface area contributed by atoms with Gasteiger partial charge in [0.05, 0.1) is 18.8 Å². The third-order valence-corrected chi connectivity index (χ3v) is 8.22. The summed E-state index contributed by atoms with van der Waals surface area (Å²) in [4.78, 5) is 42.5. The van der Waals surface area contributed by atoms with Crippen molar-refractivity contribution < 1.29 is 48.2 Å². The number of carbonyl (C=O) groups is 2. The van der Waals surface area contributed by atoms with Crippen LogP contribution in [0.5, 0.6) is 0 Å². The Morgan fingerprint density at radius 2 is 1.16 bits per heavy atom. The van der Waals surface area contributed by atoms with Crippen LogP contribution in [0.25, 0.3) is 0 Å². The van der Waals surface area contributed by atoms with E-state index in [1.807, 2.05) is 6.08 Å². The summed E-state index contributed by atoms with van der Waals surface area (Å²) in [5.41, 5.74) is 0. The Labute approximate surface area is 272 Å². The molecular weight excluding hydrogens is 599 g/mol. The number of carbonyl (C=O) groups excluding carboxylic acids is 2. The third-order valence-electron chi connectivity index (χ3n) is 7.73. The molecule has 0 amide bonds. The number of rotatable bonds is 32. The average molecular weight is 665 g/mol. The number of aliphatic hydroxyl groups excluding tert-OH is 2. The Bertz CT molecular complexity index is 785. The smallest absolute Gasteiger partial charge is 0.462 e. The molecule has 0 aromatic heterocycles. The number of phosphoric ester groups is 1. The van der Waals surface area contributed by atoms with Gasteiger partial charge in [-0.2, -0.15) is 0 Å². The molecule has 0 aliphatic carbocycles. The van der Waals surface area contributed by atoms with E-state index in [-0.39, 0.29) is 19.4 Å². The van der Waals surface area contributed by atoms with Crippen LogP contribution in [0.15, 0.2) is 12.2 Å². The lowest BCUT2D eigenvalue weighted by molar-refractivity contribution is -0.161. The standard InChI is InChI=1S/C34H65O10P/c1-3-5-7-9-11-12-13-14-18-22-26-33(37)42-28-30(29-43-45(39,40)41)44-34(38)27-23-19-15-17-21-25-32(36)31(35)24-20-16-10-8-6-4-2/h16,20,30-32,35-36H,3-15,17-19,21-29H2,1-2H3,(H2,39,40,41)/b20-16-/t30-,31+,32+/m1/s1. The maximum atomic E-state index is 12.3. The molecule has 0 aromatic rings. The first kappa shape index (κ1) is 43.7. The average Bonchev–Trinajstić information content (AvgIpc) is 2.99. The molecule has 0 spiro atoms. The van der Waals surface area contributed by atoms with Crippen LogP contribution in [0.4, 0.5) is 0 Å². The van der Waals surface area contributed by atoms with Crippen molar-refractivity contribution in [3.8, 4) is 0 Å². The molecule has 3 atom stereocenters. The predicted molar refractivity (Wildman–Crippen MR) is 178 cm³/mol. The van der Waals surface area contributed by atoms with E-state index in [0.717, 1.165) is 57.8 Å². The van der Waals surface area contributed by atoms with E-state index in [0.29, 0.717) is 25.7 Å². The minimum atomic E-state index is -4.78. The van der Waals surface area contributed by atoms with Gasteiger partial charge in [0.15, 0.2) is 6.10 Å². The first-order valence-electron chi connectivity index (χ1n) is 17.6. The van der Waals surface area contributed by atoms with E-state index in [1.54, 1.807) is 0 Å². The van der Waals surface area contributed by atoms with E-state index in [9.17, 15) is 24.4 Å². The number of aliphatic hydroxyl groups is 2. The van der Waals surface area contributed by atoms with Gasteiger partial charge in [0, 0.05) is 12.8 Å². The summed E-state index contributed by atoms with van der Waals surface area (Å²) in [6.45, 7) is 3.46. The highest BCUT2D eigenvalue weighted by Crippen LogP contribution is 2.36. The van der Waals surface area contributed by atoms with E-state index in [1.165, 1.54) is 51.4 Å². The fourth-order valence-corrected chi connectivity index (χ4v) is 5.28. The summed E-state index contributed by atoms with van der Waals surface area (Å²) in [6, 6.07) is 0. The number of ether oxygens (including phenoxy) is 2. The van der Waals surface area contributed by atoms with Gasteiger partial charge in [0.2, 0.25) is 0 Å². The summed E-state index contributed by atoms with van der Waals surface area (Å²) in [5, 5.41) is 20.3. The molecule has 0 saturated heterocycles. The Kier molecular flexibility index (Phi) is 29.2. The highest BCUT2D eigenvalue weighted by atomic mass is 31.2. The molecule has 0 fully saturated rings. The van der Waals surface area contributed by atoms with Crippen molar-refractivity contribution in [2.24, 2.45) is 0 Å². The minimum Gasteiger partial charge on any atom is -0.462 e. The number of esters is 2. The lowest BCUT2D eigenvalue weighted by Gasteiger charge is -2.18. The molecule has 0 rings (SSSR count). The zero-order valence-corrected chi connectivity index (χ0v) is 29.1. The van der Waals surface area contributed by atoms with Gasteiger partial charge >= 0.3 is 19.8 Å². The number of hydrogen-bond acceptors (Lipinski definition) is 8. The van der Waals surface area contributed by atoms with E-state index < -0.39 is 44.7 Å². The quantitative estimate of drug-likeness (QED) is 0.0241. The number of unbranched alkanes of at least 4 members (excludes halogenated alkanes) is 16. The molecule has 266 valence electrons. The van der Waals surface area contributed by atoms with Gasteiger partial charge < -0.3 is 29.5 Å². The van der Waals surface area contributed by atoms with Crippen molar-refractivity contribution in [3.63, 3.8) is 0 Å². The molecule has 45 heavy (non-hydrogen) atoms. The molecular formula is C34H65O10P. The summed E-state index contributed by atoms with van der Waals surface area (Å²) < 4.78 is 26.1. The molecule has 0 aliphatic rings. The molecule has 10 nitrogen and oxygen atoms in total. The fourth-order valence-electron chi connectivity index (χ4n) is 4.92. The largest absolute Gasteiger partial charge is 0.469 e. The van der Waals surface area contributed by atoms with Gasteiger partial charge in [-0.3, -0.25) is 14.1 Å². The van der Waals surface area contributed by atoms with Crippen molar-refractivity contribution in [2.45, 2.75) is 180 Å². The number of hydrogen-bond donors (Lipinski definition) is 4. The van der Waals surface area contributed by atoms with Crippen molar-refractivity contribution in [1.29, 1.82) is 0 Å². The highest BCUT2D eigenvalue weighted by molar-refractivity contribution is 7.46. The van der Waals surface area contributed by atoms with Gasteiger partial charge in [0.1, 0.15) is 6.61 Å². The lowest BCUT2D eigenvalue weighted by Crippen LogP contribution is -2.29. The van der Waals surface area contributed by atoms with Crippen LogP contribution in [0.1, 0.15) is 162 Å². The van der Waals surface area contributed by atoms with Crippen LogP contribution in [-0.4, -0.2) is 63.5 Å². The van der Waals surface area contributed by atoms with Crippen LogP contribution < -0.4 is 0 Å². The summed E-state index contributed by atoms with van der Waals surface area (Å²) in [5.74, 6) is -0.996. The maximum absolute atomic E-state index is 12.3. The highest BCUT2D eigenvalue weighted by Gasteiger charge is 2.23. The van der Waals surface area contributed by atoms with Gasteiger partial charge in [-0.25, -0.2) is 4.57 Å². The zero-order chi connectivity index (χ0) is 33.6. The number of allylic oxidation sites excluding steroid dienone is 1. The zero-order valence-electron chi connectivity index (χ0n) is 28.2. The number of phosphoric acid groups is 1. The molecule has 0 saturated carbocycles. The Hall–Kier alpha value is -1.29. The van der Waals surface area contributed by atoms with Crippen LogP contribution >= 0.6 is 7.82 Å². The van der Waals surface area contributed by atoms with Gasteiger partial charge in [-0.1, -0.05) is 122 Å². The van der Waals surface area contributed by atoms with Crippen molar-refractivity contribution in [1.82, 2.24) is 0 Å². The molecule has 0 aromatic carbocycles. The molecule has 0 radical (unpaired) electrons. The summed E-state index contributed by atoms with van der Waals surface area (Å²) in [7, 11) is -4.78. The van der Waals surface area contributed by atoms with Crippen LogP contribution in [0.3, 0.4) is 0 Å². The SMILES string of the molecule is CCCCC/C=C\C[C@H](O)[C@@H](O)CCCCCCCC(=O)O[C@H](COC(=O)CCCCCCCCCCCC)COP(=O)(O)O. The Morgan fingerprint density at radius 1 is 0.644 bits per heavy atom. The van der Waals surface area contributed by atoms with E-state index in [4.69, 9.17) is 19.3 Å². The predicted octanol–water partition coefficient (Wildman–Crippen LogP) is 7.84. The summed E-state index contributed by atoms with van der Waals surface area (Å²) in [6.07, 6.45) is 22.5. The maximum Gasteiger partial charge on any atom is 0.469 e. The van der Waals surface area contributed by atoms with Crippen molar-refractivity contribution in [3.05, 3.63) is 12.2 Å². The minimum absolute atomic E-state index is 0.116. The second-order valence-electron chi connectivity index (χ2n) is 12.2. The monoisotopic (exact) mass is 664 g/mol. The first-order chi connectivity index (χ1) is 21.6. The van der Waals surface area contributed by atoms with Crippen molar-refractivity contribution >= 4 is 19.8 Å². The normalized spacial score (nSPS) is 14.0. The van der Waals surface area contributed by atoms with Gasteiger partial charge in [-0.15, -0.1) is 0 Å². The van der Waals surface area contributed by atoms with Crippen LogP contribution in [-0.2, 0) is 28.2 Å². The molecule has 0 unspecified atom stereocenters. The van der Waals surface area contributed by atoms with Gasteiger partial charge in [-0.05, 0) is 38.5 Å². The van der Waals surface area contributed by atoms with E-state index >= 15 is 0 Å². The first-order valence-corrected chi connectivity index (χ1v) is 19.2.